The van der Waals surface area contributed by atoms with Crippen LogP contribution in [0.2, 0.25) is 10.0 Å². The zero-order chi connectivity index (χ0) is 14.7. The Morgan fingerprint density at radius 1 is 1.10 bits per heavy atom. The highest BCUT2D eigenvalue weighted by Crippen LogP contribution is 2.34. The summed E-state index contributed by atoms with van der Waals surface area (Å²) in [6.07, 6.45) is 0.524. The zero-order valence-corrected chi connectivity index (χ0v) is 11.4. The topological polar surface area (TPSA) is 69.4 Å². The highest BCUT2D eigenvalue weighted by molar-refractivity contribution is 6.42. The molecule has 2 rings (SSSR count). The van der Waals surface area contributed by atoms with E-state index >= 15 is 0 Å². The number of ether oxygens (including phenoxy) is 1. The van der Waals surface area contributed by atoms with Crippen LogP contribution in [0.5, 0.6) is 11.5 Å². The number of carbonyl (C=O) groups excluding carboxylic acids is 1. The highest BCUT2D eigenvalue weighted by Gasteiger charge is 2.17. The van der Waals surface area contributed by atoms with Crippen LogP contribution in [0.15, 0.2) is 36.4 Å². The molecule has 0 fully saturated rings. The van der Waals surface area contributed by atoms with Gasteiger partial charge in [0.2, 0.25) is 5.75 Å². The van der Waals surface area contributed by atoms with Gasteiger partial charge in [-0.3, -0.25) is 14.9 Å². The molecule has 20 heavy (non-hydrogen) atoms. The molecule has 0 aliphatic heterocycles. The summed E-state index contributed by atoms with van der Waals surface area (Å²) in [5.74, 6) is 0.320. The van der Waals surface area contributed by atoms with Crippen LogP contribution in [0.4, 0.5) is 5.69 Å². The fraction of sp³-hybridized carbons (Fsp3) is 0. The number of rotatable bonds is 4. The van der Waals surface area contributed by atoms with Crippen LogP contribution in [-0.2, 0) is 0 Å². The molecule has 0 saturated carbocycles. The maximum absolute atomic E-state index is 11.0. The lowest BCUT2D eigenvalue weighted by atomic mass is 10.2. The smallest absolute Gasteiger partial charge is 0.312 e. The number of nitro groups is 1. The van der Waals surface area contributed by atoms with Gasteiger partial charge in [-0.2, -0.15) is 0 Å². The molecule has 0 radical (unpaired) electrons. The first-order valence-corrected chi connectivity index (χ1v) is 6.13. The Hall–Kier alpha value is -2.11. The van der Waals surface area contributed by atoms with E-state index in [1.165, 1.54) is 30.3 Å². The first-order chi connectivity index (χ1) is 9.51. The van der Waals surface area contributed by atoms with Crippen LogP contribution in [0.1, 0.15) is 10.4 Å². The van der Waals surface area contributed by atoms with Gasteiger partial charge in [0.05, 0.1) is 15.0 Å². The van der Waals surface area contributed by atoms with Crippen molar-refractivity contribution >= 4 is 35.2 Å². The van der Waals surface area contributed by atoms with E-state index in [0.717, 1.165) is 6.07 Å². The Morgan fingerprint density at radius 2 is 1.85 bits per heavy atom. The number of hydrogen-bond acceptors (Lipinski definition) is 4. The Balaban J connectivity index is 2.39. The number of nitrogens with zero attached hydrogens (tertiary/aromatic N) is 1. The zero-order valence-electron chi connectivity index (χ0n) is 9.88. The Morgan fingerprint density at radius 3 is 2.45 bits per heavy atom. The van der Waals surface area contributed by atoms with E-state index in [9.17, 15) is 14.9 Å². The summed E-state index contributed by atoms with van der Waals surface area (Å²) in [7, 11) is 0. The second kappa shape index (κ2) is 5.90. The number of halogens is 2. The SMILES string of the molecule is O=Cc1ccc(Oc2ccc(Cl)c(Cl)c2)c([N+](=O)[O-])c1. The van der Waals surface area contributed by atoms with Gasteiger partial charge in [-0.05, 0) is 24.3 Å². The van der Waals surface area contributed by atoms with Gasteiger partial charge in [-0.15, -0.1) is 0 Å². The summed E-state index contributed by atoms with van der Waals surface area (Å²) < 4.78 is 5.41. The van der Waals surface area contributed by atoms with E-state index in [1.807, 2.05) is 0 Å². The van der Waals surface area contributed by atoms with E-state index in [-0.39, 0.29) is 22.0 Å². The number of benzene rings is 2. The van der Waals surface area contributed by atoms with Gasteiger partial charge in [-0.1, -0.05) is 23.2 Å². The Bertz CT molecular complexity index is 688. The summed E-state index contributed by atoms with van der Waals surface area (Å²) >= 11 is 11.6. The first kappa shape index (κ1) is 14.3. The normalized spacial score (nSPS) is 10.1. The lowest BCUT2D eigenvalue weighted by molar-refractivity contribution is -0.385. The molecule has 0 amide bonds. The van der Waals surface area contributed by atoms with Crippen molar-refractivity contribution in [2.45, 2.75) is 0 Å². The third kappa shape index (κ3) is 3.07. The maximum atomic E-state index is 11.0. The van der Waals surface area contributed by atoms with Crippen LogP contribution < -0.4 is 4.74 Å². The Kier molecular flexibility index (Phi) is 4.22. The van der Waals surface area contributed by atoms with Gasteiger partial charge < -0.3 is 4.74 Å². The molecule has 0 N–H and O–H groups in total. The molecule has 102 valence electrons. The Labute approximate surface area is 123 Å². The largest absolute Gasteiger partial charge is 0.450 e. The lowest BCUT2D eigenvalue weighted by Gasteiger charge is -2.07. The first-order valence-electron chi connectivity index (χ1n) is 5.38. The molecule has 0 heterocycles. The molecule has 0 saturated heterocycles. The number of hydrogen-bond donors (Lipinski definition) is 0. The van der Waals surface area contributed by atoms with Gasteiger partial charge in [0.1, 0.15) is 12.0 Å². The molecule has 0 bridgehead atoms. The van der Waals surface area contributed by atoms with Crippen molar-refractivity contribution in [1.82, 2.24) is 0 Å². The van der Waals surface area contributed by atoms with Gasteiger partial charge in [-0.25, -0.2) is 0 Å². The summed E-state index contributed by atoms with van der Waals surface area (Å²) in [5.41, 5.74) is -0.112. The second-order valence-electron chi connectivity index (χ2n) is 3.78. The van der Waals surface area contributed by atoms with Gasteiger partial charge in [0, 0.05) is 17.7 Å². The van der Waals surface area contributed by atoms with E-state index < -0.39 is 4.92 Å². The van der Waals surface area contributed by atoms with Crippen molar-refractivity contribution < 1.29 is 14.5 Å². The quantitative estimate of drug-likeness (QED) is 0.473. The van der Waals surface area contributed by atoms with E-state index in [4.69, 9.17) is 27.9 Å². The third-order valence-electron chi connectivity index (χ3n) is 2.43. The average molecular weight is 312 g/mol. The second-order valence-corrected chi connectivity index (χ2v) is 4.59. The molecule has 5 nitrogen and oxygen atoms in total. The summed E-state index contributed by atoms with van der Waals surface area (Å²) in [4.78, 5) is 21.0. The summed E-state index contributed by atoms with van der Waals surface area (Å²) in [5, 5.41) is 11.6. The molecule has 2 aromatic rings. The van der Waals surface area contributed by atoms with Crippen molar-refractivity contribution in [3.05, 3.63) is 62.1 Å². The van der Waals surface area contributed by atoms with Crippen molar-refractivity contribution in [1.29, 1.82) is 0 Å². The number of aldehydes is 1. The molecule has 0 aliphatic rings. The van der Waals surface area contributed by atoms with E-state index in [0.29, 0.717) is 17.1 Å². The van der Waals surface area contributed by atoms with Crippen LogP contribution in [0, 0.1) is 10.1 Å². The molecule has 2 aromatic carbocycles. The van der Waals surface area contributed by atoms with Crippen LogP contribution >= 0.6 is 23.2 Å². The van der Waals surface area contributed by atoms with Crippen molar-refractivity contribution in [2.24, 2.45) is 0 Å². The standard InChI is InChI=1S/C13H7Cl2NO4/c14-10-3-2-9(6-11(10)15)20-13-4-1-8(7-17)5-12(13)16(18)19/h1-7H. The number of nitro benzene ring substituents is 1. The predicted octanol–water partition coefficient (Wildman–Crippen LogP) is 4.51. The van der Waals surface area contributed by atoms with E-state index in [2.05, 4.69) is 0 Å². The van der Waals surface area contributed by atoms with Crippen molar-refractivity contribution in [3.63, 3.8) is 0 Å². The lowest BCUT2D eigenvalue weighted by Crippen LogP contribution is -1.95. The van der Waals surface area contributed by atoms with Crippen molar-refractivity contribution in [3.8, 4) is 11.5 Å². The van der Waals surface area contributed by atoms with Gasteiger partial charge >= 0.3 is 5.69 Å². The molecule has 0 atom stereocenters. The minimum absolute atomic E-state index is 0.0130. The molecular weight excluding hydrogens is 305 g/mol. The molecular formula is C13H7Cl2NO4. The minimum atomic E-state index is -0.625. The van der Waals surface area contributed by atoms with Crippen LogP contribution in [-0.4, -0.2) is 11.2 Å². The molecule has 7 heteroatoms. The van der Waals surface area contributed by atoms with Crippen molar-refractivity contribution in [2.75, 3.05) is 0 Å². The summed E-state index contributed by atoms with van der Waals surface area (Å²) in [6, 6.07) is 8.41. The molecule has 0 unspecified atom stereocenters. The van der Waals surface area contributed by atoms with Gasteiger partial charge in [0.25, 0.3) is 0 Å². The minimum Gasteiger partial charge on any atom is -0.450 e. The highest BCUT2D eigenvalue weighted by atomic mass is 35.5. The van der Waals surface area contributed by atoms with Gasteiger partial charge in [0.15, 0.2) is 0 Å². The molecule has 0 spiro atoms. The maximum Gasteiger partial charge on any atom is 0.312 e. The average Bonchev–Trinajstić information content (AvgIpc) is 2.43. The summed E-state index contributed by atoms with van der Waals surface area (Å²) in [6.45, 7) is 0. The van der Waals surface area contributed by atoms with Crippen LogP contribution in [0.25, 0.3) is 0 Å². The number of carbonyl (C=O) groups is 1. The monoisotopic (exact) mass is 311 g/mol. The molecule has 0 aromatic heterocycles. The van der Waals surface area contributed by atoms with Crippen LogP contribution in [0.3, 0.4) is 0 Å². The third-order valence-corrected chi connectivity index (χ3v) is 3.17. The van der Waals surface area contributed by atoms with E-state index in [1.54, 1.807) is 0 Å². The fourth-order valence-corrected chi connectivity index (χ4v) is 1.79. The predicted molar refractivity (Wildman–Crippen MR) is 75.0 cm³/mol. The molecule has 0 aliphatic carbocycles. The fourth-order valence-electron chi connectivity index (χ4n) is 1.50.